The molecule has 2 heteroatoms. The lowest BCUT2D eigenvalue weighted by molar-refractivity contribution is 0.481. The maximum atomic E-state index is 5.58. The molecule has 1 radical (unpaired) electrons. The smallest absolute Gasteiger partial charge is 0.130 e. The Kier molecular flexibility index (Phi) is 2.45. The van der Waals surface area contributed by atoms with E-state index in [1.54, 1.807) is 12.3 Å². The predicted molar refractivity (Wildman–Crippen MR) is 55.2 cm³/mol. The molecule has 0 spiro atoms. The molecule has 69 valence electrons. The van der Waals surface area contributed by atoms with Crippen LogP contribution < -0.4 is 4.74 Å². The fourth-order valence-electron chi connectivity index (χ4n) is 1.14. The molecule has 0 amide bonds. The van der Waals surface area contributed by atoms with E-state index in [0.717, 1.165) is 11.5 Å². The molecule has 1 aromatic carbocycles. The van der Waals surface area contributed by atoms with Crippen LogP contribution in [-0.2, 0) is 0 Å². The van der Waals surface area contributed by atoms with Crippen molar-refractivity contribution in [2.24, 2.45) is 0 Å². The average Bonchev–Trinajstić information content (AvgIpc) is 2.19. The second-order valence-electron chi connectivity index (χ2n) is 2.90. The van der Waals surface area contributed by atoms with Crippen molar-refractivity contribution in [3.05, 3.63) is 61.3 Å². The Labute approximate surface area is 83.2 Å². The van der Waals surface area contributed by atoms with Crippen LogP contribution in [0.1, 0.15) is 5.69 Å². The first kappa shape index (κ1) is 8.75. The van der Waals surface area contributed by atoms with E-state index in [1.165, 1.54) is 0 Å². The van der Waals surface area contributed by atoms with Crippen LogP contribution in [0.4, 0.5) is 0 Å². The van der Waals surface area contributed by atoms with Crippen LogP contribution in [0.3, 0.4) is 0 Å². The van der Waals surface area contributed by atoms with Crippen LogP contribution >= 0.6 is 0 Å². The summed E-state index contributed by atoms with van der Waals surface area (Å²) in [5, 5.41) is 0. The molecule has 0 bridgehead atoms. The van der Waals surface area contributed by atoms with Gasteiger partial charge in [-0.1, -0.05) is 18.2 Å². The number of aromatic nitrogens is 1. The topological polar surface area (TPSA) is 22.1 Å². The Hall–Kier alpha value is -1.83. The SMILES string of the molecule is [CH2]c1cc(Oc2ccccc2)ccn1. The Morgan fingerprint density at radius 2 is 1.79 bits per heavy atom. The highest BCUT2D eigenvalue weighted by Gasteiger charge is 1.95. The van der Waals surface area contributed by atoms with Crippen LogP contribution in [0.2, 0.25) is 0 Å². The normalized spacial score (nSPS) is 9.79. The molecule has 1 heterocycles. The molecular formula is C12H10NO. The standard InChI is InChI=1S/C12H10NO/c1-10-9-12(7-8-13-10)14-11-5-3-2-4-6-11/h2-9H,1H2. The summed E-state index contributed by atoms with van der Waals surface area (Å²) >= 11 is 0. The van der Waals surface area contributed by atoms with Gasteiger partial charge in [-0.15, -0.1) is 0 Å². The van der Waals surface area contributed by atoms with Gasteiger partial charge in [0.2, 0.25) is 0 Å². The molecule has 2 aromatic rings. The van der Waals surface area contributed by atoms with Gasteiger partial charge in [0.15, 0.2) is 0 Å². The second kappa shape index (κ2) is 3.92. The van der Waals surface area contributed by atoms with Gasteiger partial charge in [-0.2, -0.15) is 0 Å². The Morgan fingerprint density at radius 1 is 1.00 bits per heavy atom. The van der Waals surface area contributed by atoms with Crippen molar-refractivity contribution in [2.45, 2.75) is 0 Å². The number of para-hydroxylation sites is 1. The lowest BCUT2D eigenvalue weighted by Crippen LogP contribution is -1.85. The zero-order valence-corrected chi connectivity index (χ0v) is 7.68. The number of ether oxygens (including phenoxy) is 1. The number of hydrogen-bond acceptors (Lipinski definition) is 2. The maximum Gasteiger partial charge on any atom is 0.130 e. The summed E-state index contributed by atoms with van der Waals surface area (Å²) in [6, 6.07) is 13.2. The molecule has 0 aliphatic carbocycles. The van der Waals surface area contributed by atoms with Gasteiger partial charge in [-0.3, -0.25) is 4.98 Å². The van der Waals surface area contributed by atoms with Crippen LogP contribution in [0, 0.1) is 6.92 Å². The third-order valence-electron chi connectivity index (χ3n) is 1.77. The zero-order valence-electron chi connectivity index (χ0n) is 7.68. The monoisotopic (exact) mass is 184 g/mol. The molecular weight excluding hydrogens is 174 g/mol. The predicted octanol–water partition coefficient (Wildman–Crippen LogP) is 3.06. The third kappa shape index (κ3) is 2.10. The van der Waals surface area contributed by atoms with Crippen molar-refractivity contribution < 1.29 is 4.74 Å². The summed E-state index contributed by atoms with van der Waals surface area (Å²) in [6.07, 6.45) is 1.68. The minimum absolute atomic E-state index is 0.707. The molecule has 0 aliphatic rings. The summed E-state index contributed by atoms with van der Waals surface area (Å²) in [6.45, 7) is 3.73. The lowest BCUT2D eigenvalue weighted by atomic mass is 10.3. The fourth-order valence-corrected chi connectivity index (χ4v) is 1.14. The van der Waals surface area contributed by atoms with E-state index < -0.39 is 0 Å². The van der Waals surface area contributed by atoms with E-state index in [4.69, 9.17) is 4.74 Å². The van der Waals surface area contributed by atoms with Crippen molar-refractivity contribution in [2.75, 3.05) is 0 Å². The number of pyridine rings is 1. The van der Waals surface area contributed by atoms with E-state index in [1.807, 2.05) is 36.4 Å². The summed E-state index contributed by atoms with van der Waals surface area (Å²) in [5.74, 6) is 1.58. The van der Waals surface area contributed by atoms with Crippen molar-refractivity contribution in [1.82, 2.24) is 4.98 Å². The first-order chi connectivity index (χ1) is 6.84. The van der Waals surface area contributed by atoms with Crippen LogP contribution in [0.15, 0.2) is 48.7 Å². The molecule has 0 saturated carbocycles. The summed E-state index contributed by atoms with van der Waals surface area (Å²) in [5.41, 5.74) is 0.707. The summed E-state index contributed by atoms with van der Waals surface area (Å²) < 4.78 is 5.58. The number of nitrogens with zero attached hydrogens (tertiary/aromatic N) is 1. The quantitative estimate of drug-likeness (QED) is 0.715. The highest BCUT2D eigenvalue weighted by molar-refractivity contribution is 5.31. The van der Waals surface area contributed by atoms with Gasteiger partial charge in [-0.25, -0.2) is 0 Å². The number of hydrogen-bond donors (Lipinski definition) is 0. The average molecular weight is 184 g/mol. The first-order valence-electron chi connectivity index (χ1n) is 4.35. The third-order valence-corrected chi connectivity index (χ3v) is 1.77. The second-order valence-corrected chi connectivity index (χ2v) is 2.90. The van der Waals surface area contributed by atoms with E-state index in [-0.39, 0.29) is 0 Å². The molecule has 14 heavy (non-hydrogen) atoms. The van der Waals surface area contributed by atoms with Crippen LogP contribution in [-0.4, -0.2) is 4.98 Å². The van der Waals surface area contributed by atoms with Gasteiger partial charge in [0.25, 0.3) is 0 Å². The summed E-state index contributed by atoms with van der Waals surface area (Å²) in [7, 11) is 0. The van der Waals surface area contributed by atoms with Crippen molar-refractivity contribution in [1.29, 1.82) is 0 Å². The minimum Gasteiger partial charge on any atom is -0.457 e. The molecule has 1 aromatic heterocycles. The van der Waals surface area contributed by atoms with E-state index >= 15 is 0 Å². The van der Waals surface area contributed by atoms with Gasteiger partial charge in [0, 0.05) is 18.0 Å². The molecule has 0 saturated heterocycles. The molecule has 0 aliphatic heterocycles. The van der Waals surface area contributed by atoms with Crippen molar-refractivity contribution in [3.63, 3.8) is 0 Å². The van der Waals surface area contributed by atoms with E-state index in [9.17, 15) is 0 Å². The minimum atomic E-state index is 0.707. The number of rotatable bonds is 2. The van der Waals surface area contributed by atoms with Crippen LogP contribution in [0.25, 0.3) is 0 Å². The van der Waals surface area contributed by atoms with Crippen molar-refractivity contribution in [3.8, 4) is 11.5 Å². The Balaban J connectivity index is 2.19. The lowest BCUT2D eigenvalue weighted by Gasteiger charge is -2.04. The van der Waals surface area contributed by atoms with E-state index in [2.05, 4.69) is 11.9 Å². The fraction of sp³-hybridized carbons (Fsp3) is 0. The maximum absolute atomic E-state index is 5.58. The Bertz CT molecular complexity index is 412. The largest absolute Gasteiger partial charge is 0.457 e. The molecule has 0 fully saturated rings. The highest BCUT2D eigenvalue weighted by Crippen LogP contribution is 2.20. The summed E-state index contributed by atoms with van der Waals surface area (Å²) in [4.78, 5) is 3.99. The highest BCUT2D eigenvalue weighted by atomic mass is 16.5. The number of benzene rings is 1. The zero-order chi connectivity index (χ0) is 9.80. The first-order valence-corrected chi connectivity index (χ1v) is 4.35. The molecule has 2 nitrogen and oxygen atoms in total. The molecule has 2 rings (SSSR count). The van der Waals surface area contributed by atoms with Gasteiger partial charge in [0.1, 0.15) is 11.5 Å². The molecule has 0 atom stereocenters. The van der Waals surface area contributed by atoms with Crippen LogP contribution in [0.5, 0.6) is 11.5 Å². The van der Waals surface area contributed by atoms with Gasteiger partial charge in [0.05, 0.1) is 0 Å². The van der Waals surface area contributed by atoms with Gasteiger partial charge in [-0.05, 0) is 25.1 Å². The van der Waals surface area contributed by atoms with Gasteiger partial charge >= 0.3 is 0 Å². The van der Waals surface area contributed by atoms with Gasteiger partial charge < -0.3 is 4.74 Å². The van der Waals surface area contributed by atoms with E-state index in [0.29, 0.717) is 5.69 Å². The molecule has 0 unspecified atom stereocenters. The van der Waals surface area contributed by atoms with Crippen molar-refractivity contribution >= 4 is 0 Å². The Morgan fingerprint density at radius 3 is 2.50 bits per heavy atom. The molecule has 0 N–H and O–H groups in total.